The van der Waals surface area contributed by atoms with Gasteiger partial charge in [-0.25, -0.2) is 10.2 Å². The van der Waals surface area contributed by atoms with Crippen LogP contribution in [0.1, 0.15) is 26.5 Å². The van der Waals surface area contributed by atoms with E-state index in [1.807, 2.05) is 0 Å². The Balaban J connectivity index is 1.71. The molecule has 29 heavy (non-hydrogen) atoms. The van der Waals surface area contributed by atoms with E-state index in [0.29, 0.717) is 17.1 Å². The molecule has 10 heteroatoms. The third-order valence-electron chi connectivity index (χ3n) is 3.81. The number of aromatic carboxylic acids is 1. The summed E-state index contributed by atoms with van der Waals surface area (Å²) in [7, 11) is 0. The Morgan fingerprint density at radius 2 is 1.90 bits per heavy atom. The molecule has 0 atom stereocenters. The van der Waals surface area contributed by atoms with Gasteiger partial charge in [0.2, 0.25) is 0 Å². The average molecular weight is 414 g/mol. The molecule has 0 unspecified atom stereocenters. The van der Waals surface area contributed by atoms with E-state index < -0.39 is 16.8 Å². The van der Waals surface area contributed by atoms with Crippen LogP contribution < -0.4 is 5.43 Å². The number of carbonyl (C=O) groups is 2. The predicted octanol–water partition coefficient (Wildman–Crippen LogP) is 3.97. The second kappa shape index (κ2) is 8.36. The molecule has 0 spiro atoms. The minimum Gasteiger partial charge on any atom is -0.478 e. The summed E-state index contributed by atoms with van der Waals surface area (Å²) in [5, 5.41) is 23.8. The second-order valence-electron chi connectivity index (χ2n) is 5.68. The lowest BCUT2D eigenvalue weighted by Gasteiger charge is -2.02. The maximum atomic E-state index is 12.1. The molecule has 0 aliphatic rings. The number of hydrazone groups is 1. The average Bonchev–Trinajstić information content (AvgIpc) is 3.16. The molecule has 3 aromatic rings. The number of nitro groups is 1. The molecule has 0 bridgehead atoms. The molecule has 9 nitrogen and oxygen atoms in total. The number of nitrogens with zero attached hydrogens (tertiary/aromatic N) is 2. The van der Waals surface area contributed by atoms with Gasteiger partial charge in [-0.05, 0) is 30.3 Å². The van der Waals surface area contributed by atoms with Crippen LogP contribution in [0.25, 0.3) is 11.3 Å². The van der Waals surface area contributed by atoms with Crippen molar-refractivity contribution in [2.75, 3.05) is 0 Å². The number of benzene rings is 2. The van der Waals surface area contributed by atoms with Gasteiger partial charge in [-0.2, -0.15) is 5.10 Å². The quantitative estimate of drug-likeness (QED) is 0.356. The highest BCUT2D eigenvalue weighted by atomic mass is 35.5. The Morgan fingerprint density at radius 3 is 2.59 bits per heavy atom. The highest BCUT2D eigenvalue weighted by molar-refractivity contribution is 6.33. The molecule has 146 valence electrons. The van der Waals surface area contributed by atoms with Crippen molar-refractivity contribution in [3.05, 3.63) is 86.6 Å². The van der Waals surface area contributed by atoms with Crippen molar-refractivity contribution in [3.8, 4) is 11.3 Å². The number of nitro benzene ring substituents is 1. The largest absolute Gasteiger partial charge is 0.478 e. The van der Waals surface area contributed by atoms with E-state index in [-0.39, 0.29) is 21.8 Å². The normalized spacial score (nSPS) is 10.8. The third kappa shape index (κ3) is 4.47. The number of carboxylic acids is 1. The minimum atomic E-state index is -1.14. The molecule has 1 amide bonds. The molecule has 2 N–H and O–H groups in total. The maximum Gasteiger partial charge on any atom is 0.337 e. The van der Waals surface area contributed by atoms with E-state index in [1.54, 1.807) is 18.2 Å². The summed E-state index contributed by atoms with van der Waals surface area (Å²) in [5.74, 6) is -1.17. The van der Waals surface area contributed by atoms with E-state index in [1.165, 1.54) is 42.6 Å². The van der Waals surface area contributed by atoms with Gasteiger partial charge >= 0.3 is 5.97 Å². The number of para-hydroxylation sites is 1. The zero-order chi connectivity index (χ0) is 21.0. The predicted molar refractivity (Wildman–Crippen MR) is 104 cm³/mol. The van der Waals surface area contributed by atoms with Gasteiger partial charge < -0.3 is 9.52 Å². The molecule has 0 saturated carbocycles. The van der Waals surface area contributed by atoms with Crippen molar-refractivity contribution in [2.24, 2.45) is 5.10 Å². The van der Waals surface area contributed by atoms with Crippen LogP contribution in [0.2, 0.25) is 5.02 Å². The van der Waals surface area contributed by atoms with Gasteiger partial charge in [0.15, 0.2) is 0 Å². The van der Waals surface area contributed by atoms with Crippen molar-refractivity contribution in [2.45, 2.75) is 0 Å². The van der Waals surface area contributed by atoms with E-state index in [4.69, 9.17) is 21.1 Å². The molecule has 0 aliphatic heterocycles. The summed E-state index contributed by atoms with van der Waals surface area (Å²) < 4.78 is 5.56. The molecule has 3 rings (SSSR count). The Kier molecular flexibility index (Phi) is 5.70. The lowest BCUT2D eigenvalue weighted by atomic mass is 10.1. The molecule has 0 fully saturated rings. The first-order chi connectivity index (χ1) is 13.9. The topological polar surface area (TPSA) is 135 Å². The lowest BCUT2D eigenvalue weighted by Crippen LogP contribution is -2.18. The van der Waals surface area contributed by atoms with Gasteiger partial charge in [0.25, 0.3) is 11.6 Å². The number of amides is 1. The van der Waals surface area contributed by atoms with Crippen molar-refractivity contribution >= 4 is 35.4 Å². The second-order valence-corrected chi connectivity index (χ2v) is 6.08. The van der Waals surface area contributed by atoms with Gasteiger partial charge in [0.1, 0.15) is 17.1 Å². The first kappa shape index (κ1) is 19.8. The number of carbonyl (C=O) groups excluding carboxylic acids is 1. The van der Waals surface area contributed by atoms with Gasteiger partial charge in [-0.1, -0.05) is 29.8 Å². The van der Waals surface area contributed by atoms with Crippen LogP contribution in [-0.2, 0) is 0 Å². The van der Waals surface area contributed by atoms with Crippen molar-refractivity contribution in [1.29, 1.82) is 0 Å². The Hall–Kier alpha value is -3.98. The number of hydrogen-bond donors (Lipinski definition) is 2. The molecule has 1 aromatic heterocycles. The standard InChI is InChI=1S/C19H12ClN3O6/c20-15-9-11(5-7-13(15)19(25)26)17-8-6-12(29-17)10-21-22-18(24)14-3-1-2-4-16(14)23(27)28/h1-10H,(H,22,24)(H,25,26)/b21-10-. The summed E-state index contributed by atoms with van der Waals surface area (Å²) >= 11 is 5.95. The Morgan fingerprint density at radius 1 is 1.14 bits per heavy atom. The molecular weight excluding hydrogens is 402 g/mol. The van der Waals surface area contributed by atoms with Crippen LogP contribution >= 0.6 is 11.6 Å². The van der Waals surface area contributed by atoms with Crippen molar-refractivity contribution in [3.63, 3.8) is 0 Å². The molecule has 0 saturated heterocycles. The Labute approximate surface area is 168 Å². The zero-order valence-corrected chi connectivity index (χ0v) is 15.3. The van der Waals surface area contributed by atoms with Crippen LogP contribution in [0.15, 0.2) is 64.1 Å². The zero-order valence-electron chi connectivity index (χ0n) is 14.5. The molecular formula is C19H12ClN3O6. The summed E-state index contributed by atoms with van der Waals surface area (Å²) in [6.07, 6.45) is 1.23. The fourth-order valence-electron chi connectivity index (χ4n) is 2.46. The number of hydrogen-bond acceptors (Lipinski definition) is 6. The minimum absolute atomic E-state index is 0.0264. The molecule has 0 radical (unpaired) electrons. The number of carboxylic acid groups (broad SMARTS) is 1. The number of furan rings is 1. The summed E-state index contributed by atoms with van der Waals surface area (Å²) in [6, 6.07) is 13.1. The Bertz CT molecular complexity index is 1140. The first-order valence-electron chi connectivity index (χ1n) is 8.06. The van der Waals surface area contributed by atoms with Crippen LogP contribution in [0.4, 0.5) is 5.69 Å². The number of nitrogens with one attached hydrogen (secondary N) is 1. The van der Waals surface area contributed by atoms with Gasteiger partial charge in [0, 0.05) is 11.6 Å². The fraction of sp³-hybridized carbons (Fsp3) is 0. The van der Waals surface area contributed by atoms with Crippen molar-refractivity contribution < 1.29 is 24.0 Å². The lowest BCUT2D eigenvalue weighted by molar-refractivity contribution is -0.385. The van der Waals surface area contributed by atoms with E-state index in [0.717, 1.165) is 0 Å². The fourth-order valence-corrected chi connectivity index (χ4v) is 2.72. The van der Waals surface area contributed by atoms with E-state index >= 15 is 0 Å². The maximum absolute atomic E-state index is 12.1. The summed E-state index contributed by atoms with van der Waals surface area (Å²) in [4.78, 5) is 33.4. The monoisotopic (exact) mass is 413 g/mol. The van der Waals surface area contributed by atoms with Crippen LogP contribution in [0, 0.1) is 10.1 Å². The van der Waals surface area contributed by atoms with Gasteiger partial charge in [-0.3, -0.25) is 14.9 Å². The molecule has 2 aromatic carbocycles. The third-order valence-corrected chi connectivity index (χ3v) is 4.13. The number of halogens is 1. The van der Waals surface area contributed by atoms with Crippen LogP contribution in [0.5, 0.6) is 0 Å². The van der Waals surface area contributed by atoms with Crippen molar-refractivity contribution in [1.82, 2.24) is 5.43 Å². The van der Waals surface area contributed by atoms with E-state index in [2.05, 4.69) is 10.5 Å². The molecule has 0 aliphatic carbocycles. The highest BCUT2D eigenvalue weighted by Gasteiger charge is 2.18. The van der Waals surface area contributed by atoms with Gasteiger partial charge in [0.05, 0.1) is 21.7 Å². The first-order valence-corrected chi connectivity index (χ1v) is 8.44. The van der Waals surface area contributed by atoms with Gasteiger partial charge in [-0.15, -0.1) is 0 Å². The summed E-state index contributed by atoms with van der Waals surface area (Å²) in [6.45, 7) is 0. The molecule has 1 heterocycles. The summed E-state index contributed by atoms with van der Waals surface area (Å²) in [5.41, 5.74) is 2.28. The SMILES string of the molecule is O=C(O)c1ccc(-c2ccc(/C=N\NC(=O)c3ccccc3[N+](=O)[O-])o2)cc1Cl. The smallest absolute Gasteiger partial charge is 0.337 e. The van der Waals surface area contributed by atoms with Crippen LogP contribution in [-0.4, -0.2) is 28.1 Å². The highest BCUT2D eigenvalue weighted by Crippen LogP contribution is 2.27. The van der Waals surface area contributed by atoms with E-state index in [9.17, 15) is 19.7 Å². The number of rotatable bonds is 6. The van der Waals surface area contributed by atoms with Crippen LogP contribution in [0.3, 0.4) is 0 Å².